The van der Waals surface area contributed by atoms with Gasteiger partial charge < -0.3 is 14.8 Å². The molecule has 0 spiro atoms. The summed E-state index contributed by atoms with van der Waals surface area (Å²) in [4.78, 5) is 11.6. The molecule has 2 fully saturated rings. The van der Waals surface area contributed by atoms with Gasteiger partial charge in [-0.1, -0.05) is 28.1 Å². The van der Waals surface area contributed by atoms with Gasteiger partial charge in [-0.25, -0.2) is 4.79 Å². The van der Waals surface area contributed by atoms with Crippen molar-refractivity contribution < 1.29 is 14.3 Å². The molecule has 3 atom stereocenters. The molecule has 1 heterocycles. The Morgan fingerprint density at radius 3 is 3.00 bits per heavy atom. The Hall–Kier alpha value is -0.910. The van der Waals surface area contributed by atoms with E-state index in [9.17, 15) is 4.79 Å². The molecule has 0 bridgehead atoms. The van der Waals surface area contributed by atoms with Crippen LogP contribution in [0.25, 0.3) is 0 Å². The highest BCUT2D eigenvalue weighted by Crippen LogP contribution is 2.46. The molecule has 5 heteroatoms. The van der Waals surface area contributed by atoms with Gasteiger partial charge in [0.25, 0.3) is 0 Å². The van der Waals surface area contributed by atoms with Crippen molar-refractivity contribution in [3.05, 3.63) is 34.3 Å². The normalized spacial score (nSPS) is 30.8. The fourth-order valence-corrected chi connectivity index (χ4v) is 4.21. The predicted octanol–water partition coefficient (Wildman–Crippen LogP) is 2.85. The highest BCUT2D eigenvalue weighted by Gasteiger charge is 2.45. The zero-order chi connectivity index (χ0) is 15.6. The lowest BCUT2D eigenvalue weighted by molar-refractivity contribution is -0.159. The van der Waals surface area contributed by atoms with Gasteiger partial charge in [0.15, 0.2) is 0 Å². The number of hydrogen-bond donors (Lipinski definition) is 1. The van der Waals surface area contributed by atoms with Crippen molar-refractivity contribution in [2.75, 3.05) is 26.8 Å². The van der Waals surface area contributed by atoms with Gasteiger partial charge in [-0.05, 0) is 61.9 Å². The summed E-state index contributed by atoms with van der Waals surface area (Å²) >= 11 is 3.54. The summed E-state index contributed by atoms with van der Waals surface area (Å²) in [6.45, 7) is 2.16. The summed E-state index contributed by atoms with van der Waals surface area (Å²) in [5.74, 6) is 1.04. The first-order valence-electron chi connectivity index (χ1n) is 7.80. The monoisotopic (exact) mass is 367 g/mol. The number of benzene rings is 1. The van der Waals surface area contributed by atoms with Gasteiger partial charge in [0.2, 0.25) is 0 Å². The summed E-state index contributed by atoms with van der Waals surface area (Å²) in [7, 11) is 1.40. The van der Waals surface area contributed by atoms with E-state index in [1.807, 2.05) is 12.1 Å². The fraction of sp³-hybridized carbons (Fsp3) is 0.588. The van der Waals surface area contributed by atoms with Crippen molar-refractivity contribution in [3.63, 3.8) is 0 Å². The number of esters is 1. The summed E-state index contributed by atoms with van der Waals surface area (Å²) in [6.07, 6.45) is 3.03. The number of ether oxygens (including phenoxy) is 2. The Kier molecular flexibility index (Phi) is 4.85. The number of rotatable bonds is 4. The number of nitrogens with one attached hydrogen (secondary N) is 1. The number of hydrogen-bond acceptors (Lipinski definition) is 4. The van der Waals surface area contributed by atoms with Crippen molar-refractivity contribution in [1.82, 2.24) is 5.32 Å². The molecular weight excluding hydrogens is 346 g/mol. The molecule has 3 unspecified atom stereocenters. The average molecular weight is 368 g/mol. The molecule has 1 aromatic carbocycles. The molecule has 0 aromatic heterocycles. The van der Waals surface area contributed by atoms with Crippen LogP contribution in [-0.4, -0.2) is 32.8 Å². The second kappa shape index (κ2) is 6.69. The first-order valence-corrected chi connectivity index (χ1v) is 8.60. The van der Waals surface area contributed by atoms with Crippen molar-refractivity contribution in [2.24, 2.45) is 11.8 Å². The molecule has 0 amide bonds. The van der Waals surface area contributed by atoms with Crippen LogP contribution < -0.4 is 5.32 Å². The van der Waals surface area contributed by atoms with E-state index >= 15 is 0 Å². The summed E-state index contributed by atoms with van der Waals surface area (Å²) < 4.78 is 11.9. The smallest absolute Gasteiger partial charge is 0.331 e. The third-order valence-corrected chi connectivity index (χ3v) is 5.53. The summed E-state index contributed by atoms with van der Waals surface area (Å²) in [5.41, 5.74) is 0.765. The number of carbonyl (C=O) groups excluding carboxylic acids is 1. The minimum Gasteiger partial charge on any atom is -0.467 e. The van der Waals surface area contributed by atoms with Gasteiger partial charge in [0, 0.05) is 4.47 Å². The van der Waals surface area contributed by atoms with Crippen LogP contribution in [0.3, 0.4) is 0 Å². The Morgan fingerprint density at radius 1 is 1.41 bits per heavy atom. The molecule has 1 saturated heterocycles. The minimum atomic E-state index is -0.384. The van der Waals surface area contributed by atoms with Gasteiger partial charge in [-0.2, -0.15) is 0 Å². The van der Waals surface area contributed by atoms with Gasteiger partial charge in [-0.3, -0.25) is 0 Å². The van der Waals surface area contributed by atoms with E-state index in [0.29, 0.717) is 5.92 Å². The molecule has 4 nitrogen and oxygen atoms in total. The number of carbonyl (C=O) groups is 1. The topological polar surface area (TPSA) is 47.6 Å². The molecule has 120 valence electrons. The Balaban J connectivity index is 1.86. The highest BCUT2D eigenvalue weighted by atomic mass is 79.9. The lowest BCUT2D eigenvalue weighted by Gasteiger charge is -2.42. The second-order valence-electron chi connectivity index (χ2n) is 6.29. The maximum Gasteiger partial charge on any atom is 0.331 e. The first kappa shape index (κ1) is 16.0. The molecule has 3 rings (SSSR count). The van der Waals surface area contributed by atoms with E-state index in [0.717, 1.165) is 48.3 Å². The van der Waals surface area contributed by atoms with Gasteiger partial charge in [0.1, 0.15) is 6.61 Å². The average Bonchev–Trinajstić information content (AvgIpc) is 2.99. The van der Waals surface area contributed by atoms with Crippen molar-refractivity contribution >= 4 is 21.9 Å². The zero-order valence-electron chi connectivity index (χ0n) is 12.8. The minimum absolute atomic E-state index is 0.00777. The molecule has 1 saturated carbocycles. The van der Waals surface area contributed by atoms with Crippen LogP contribution in [0.1, 0.15) is 24.8 Å². The van der Waals surface area contributed by atoms with E-state index in [4.69, 9.17) is 9.47 Å². The van der Waals surface area contributed by atoms with Gasteiger partial charge >= 0.3 is 5.97 Å². The number of halogens is 1. The van der Waals surface area contributed by atoms with Crippen molar-refractivity contribution in [3.8, 4) is 0 Å². The first-order chi connectivity index (χ1) is 10.6. The van der Waals surface area contributed by atoms with Crippen LogP contribution in [0.4, 0.5) is 0 Å². The number of methoxy groups -OCH3 is 1. The lowest BCUT2D eigenvalue weighted by Crippen LogP contribution is -2.40. The van der Waals surface area contributed by atoms with E-state index in [-0.39, 0.29) is 18.2 Å². The van der Waals surface area contributed by atoms with E-state index in [1.165, 1.54) is 7.11 Å². The fourth-order valence-electron chi connectivity index (χ4n) is 3.81. The van der Waals surface area contributed by atoms with Crippen LogP contribution in [0.5, 0.6) is 0 Å². The van der Waals surface area contributed by atoms with Crippen LogP contribution in [0.2, 0.25) is 0 Å². The van der Waals surface area contributed by atoms with Crippen LogP contribution in [0, 0.1) is 11.8 Å². The second-order valence-corrected chi connectivity index (χ2v) is 7.21. The zero-order valence-corrected chi connectivity index (χ0v) is 14.4. The number of fused-ring (bicyclic) bond motifs is 1. The highest BCUT2D eigenvalue weighted by molar-refractivity contribution is 9.10. The van der Waals surface area contributed by atoms with Crippen molar-refractivity contribution in [2.45, 2.75) is 24.9 Å². The lowest BCUT2D eigenvalue weighted by atomic mass is 9.70. The standard InChI is InChI=1S/C17H22BrNO3/c1-21-16(20)11-22-17(14-3-2-4-15(18)7-14)6-5-12-9-19-10-13(12)8-17/h2-4,7,12-13,19H,5-6,8-11H2,1H3. The van der Waals surface area contributed by atoms with Crippen LogP contribution in [-0.2, 0) is 19.9 Å². The quantitative estimate of drug-likeness (QED) is 0.831. The summed E-state index contributed by atoms with van der Waals surface area (Å²) in [5, 5.41) is 3.48. The Morgan fingerprint density at radius 2 is 2.23 bits per heavy atom. The predicted molar refractivity (Wildman–Crippen MR) is 87.5 cm³/mol. The molecule has 1 aliphatic carbocycles. The third-order valence-electron chi connectivity index (χ3n) is 5.04. The Bertz CT molecular complexity index is 550. The molecule has 22 heavy (non-hydrogen) atoms. The van der Waals surface area contributed by atoms with E-state index < -0.39 is 0 Å². The largest absolute Gasteiger partial charge is 0.467 e. The van der Waals surface area contributed by atoms with Gasteiger partial charge in [0.05, 0.1) is 12.7 Å². The Labute approximate surface area is 139 Å². The van der Waals surface area contributed by atoms with Crippen LogP contribution >= 0.6 is 15.9 Å². The van der Waals surface area contributed by atoms with Crippen molar-refractivity contribution in [1.29, 1.82) is 0 Å². The van der Waals surface area contributed by atoms with Gasteiger partial charge in [-0.15, -0.1) is 0 Å². The maximum absolute atomic E-state index is 11.6. The third kappa shape index (κ3) is 3.21. The SMILES string of the molecule is COC(=O)COC1(c2cccc(Br)c2)CCC2CNCC2C1. The van der Waals surface area contributed by atoms with E-state index in [2.05, 4.69) is 33.4 Å². The molecular formula is C17H22BrNO3. The molecule has 1 aromatic rings. The van der Waals surface area contributed by atoms with Crippen LogP contribution in [0.15, 0.2) is 28.7 Å². The molecule has 1 N–H and O–H groups in total. The summed E-state index contributed by atoms with van der Waals surface area (Å²) in [6, 6.07) is 8.26. The molecule has 2 aliphatic rings. The maximum atomic E-state index is 11.6. The molecule has 1 aliphatic heterocycles. The molecule has 0 radical (unpaired) electrons. The van der Waals surface area contributed by atoms with E-state index in [1.54, 1.807) is 0 Å².